The minimum Gasteiger partial charge on any atom is -0.468 e. The second-order valence-electron chi connectivity index (χ2n) is 4.66. The fourth-order valence-corrected chi connectivity index (χ4v) is 2.72. The van der Waals surface area contributed by atoms with Gasteiger partial charge in [-0.15, -0.1) is 0 Å². The summed E-state index contributed by atoms with van der Waals surface area (Å²) in [4.78, 5) is 13.8. The van der Waals surface area contributed by atoms with E-state index in [2.05, 4.69) is 10.2 Å². The molecule has 0 aromatic heterocycles. The van der Waals surface area contributed by atoms with Gasteiger partial charge in [0.05, 0.1) is 7.11 Å². The normalized spacial score (nSPS) is 36.3. The van der Waals surface area contributed by atoms with Crippen LogP contribution in [-0.4, -0.2) is 49.7 Å². The summed E-state index contributed by atoms with van der Waals surface area (Å²) < 4.78 is 4.72. The Balaban J connectivity index is 1.87. The van der Waals surface area contributed by atoms with E-state index < -0.39 is 0 Å². The number of methoxy groups -OCH3 is 1. The zero-order chi connectivity index (χ0) is 10.8. The fraction of sp³-hybridized carbons (Fsp3) is 0.909. The van der Waals surface area contributed by atoms with Gasteiger partial charge in [0.1, 0.15) is 6.04 Å². The number of rotatable bonds is 3. The van der Waals surface area contributed by atoms with Gasteiger partial charge in [0.2, 0.25) is 0 Å². The highest BCUT2D eigenvalue weighted by molar-refractivity contribution is 5.75. The SMILES string of the molecule is COC(=O)[C@H](C)NC1CN2CCC1CC2. The van der Waals surface area contributed by atoms with Gasteiger partial charge in [0.25, 0.3) is 0 Å². The smallest absolute Gasteiger partial charge is 0.322 e. The van der Waals surface area contributed by atoms with Gasteiger partial charge in [-0.2, -0.15) is 0 Å². The molecule has 1 unspecified atom stereocenters. The number of carbonyl (C=O) groups is 1. The highest BCUT2D eigenvalue weighted by Crippen LogP contribution is 2.27. The molecule has 3 aliphatic rings. The molecule has 0 radical (unpaired) electrons. The summed E-state index contributed by atoms with van der Waals surface area (Å²) in [5, 5.41) is 3.38. The number of esters is 1. The van der Waals surface area contributed by atoms with E-state index in [4.69, 9.17) is 4.74 Å². The third-order valence-electron chi connectivity index (χ3n) is 3.67. The molecule has 0 aromatic carbocycles. The Bertz CT molecular complexity index is 237. The third-order valence-corrected chi connectivity index (χ3v) is 3.67. The number of nitrogens with one attached hydrogen (secondary N) is 1. The minimum atomic E-state index is -0.180. The van der Waals surface area contributed by atoms with Crippen LogP contribution in [0.4, 0.5) is 0 Å². The Morgan fingerprint density at radius 3 is 2.60 bits per heavy atom. The van der Waals surface area contributed by atoms with Crippen LogP contribution in [0.5, 0.6) is 0 Å². The summed E-state index contributed by atoms with van der Waals surface area (Å²) in [5.41, 5.74) is 0. The molecule has 0 spiro atoms. The monoisotopic (exact) mass is 212 g/mol. The number of hydrogen-bond acceptors (Lipinski definition) is 4. The van der Waals surface area contributed by atoms with Crippen molar-refractivity contribution in [3.05, 3.63) is 0 Å². The molecule has 4 nitrogen and oxygen atoms in total. The second kappa shape index (κ2) is 4.49. The van der Waals surface area contributed by atoms with Crippen LogP contribution >= 0.6 is 0 Å². The van der Waals surface area contributed by atoms with Crippen molar-refractivity contribution in [3.63, 3.8) is 0 Å². The Morgan fingerprint density at radius 1 is 1.47 bits per heavy atom. The first-order chi connectivity index (χ1) is 7.20. The summed E-state index contributed by atoms with van der Waals surface area (Å²) in [7, 11) is 1.44. The van der Waals surface area contributed by atoms with Gasteiger partial charge >= 0.3 is 5.97 Å². The van der Waals surface area contributed by atoms with Crippen molar-refractivity contribution in [2.24, 2.45) is 5.92 Å². The van der Waals surface area contributed by atoms with E-state index in [-0.39, 0.29) is 12.0 Å². The van der Waals surface area contributed by atoms with E-state index in [9.17, 15) is 4.79 Å². The molecular weight excluding hydrogens is 192 g/mol. The van der Waals surface area contributed by atoms with Crippen LogP contribution in [0.2, 0.25) is 0 Å². The summed E-state index contributed by atoms with van der Waals surface area (Å²) in [6.07, 6.45) is 2.54. The maximum Gasteiger partial charge on any atom is 0.322 e. The predicted molar refractivity (Wildman–Crippen MR) is 57.6 cm³/mol. The Morgan fingerprint density at radius 2 is 2.13 bits per heavy atom. The maximum absolute atomic E-state index is 11.3. The third kappa shape index (κ3) is 2.32. The maximum atomic E-state index is 11.3. The summed E-state index contributed by atoms with van der Waals surface area (Å²) in [5.74, 6) is 0.591. The number of piperidine rings is 3. The van der Waals surface area contributed by atoms with E-state index in [0.29, 0.717) is 6.04 Å². The van der Waals surface area contributed by atoms with Crippen molar-refractivity contribution < 1.29 is 9.53 Å². The molecule has 3 saturated heterocycles. The van der Waals surface area contributed by atoms with Crippen LogP contribution in [0.25, 0.3) is 0 Å². The Hall–Kier alpha value is -0.610. The molecule has 86 valence electrons. The van der Waals surface area contributed by atoms with Crippen molar-refractivity contribution in [2.45, 2.75) is 31.8 Å². The highest BCUT2D eigenvalue weighted by Gasteiger charge is 2.35. The minimum absolute atomic E-state index is 0.161. The molecule has 0 amide bonds. The molecule has 15 heavy (non-hydrogen) atoms. The van der Waals surface area contributed by atoms with Gasteiger partial charge in [-0.05, 0) is 38.8 Å². The first kappa shape index (κ1) is 10.9. The standard InChI is InChI=1S/C11H20N2O2/c1-8(11(14)15-2)12-10-7-13-5-3-9(10)4-6-13/h8-10,12H,3-7H2,1-2H3/t8-,10?/m0/s1. The van der Waals surface area contributed by atoms with Gasteiger partial charge in [-0.1, -0.05) is 0 Å². The molecule has 0 aliphatic carbocycles. The molecule has 0 saturated carbocycles. The first-order valence-electron chi connectivity index (χ1n) is 5.77. The second-order valence-corrected chi connectivity index (χ2v) is 4.66. The van der Waals surface area contributed by atoms with Gasteiger partial charge < -0.3 is 15.0 Å². The molecule has 3 fully saturated rings. The zero-order valence-corrected chi connectivity index (χ0v) is 9.53. The topological polar surface area (TPSA) is 41.6 Å². The lowest BCUT2D eigenvalue weighted by Gasteiger charge is -2.45. The van der Waals surface area contributed by atoms with E-state index in [1.54, 1.807) is 0 Å². The van der Waals surface area contributed by atoms with Crippen molar-refractivity contribution in [1.29, 1.82) is 0 Å². The van der Waals surface area contributed by atoms with Gasteiger partial charge in [-0.3, -0.25) is 4.79 Å². The van der Waals surface area contributed by atoms with Gasteiger partial charge in [0, 0.05) is 12.6 Å². The van der Waals surface area contributed by atoms with Crippen molar-refractivity contribution in [2.75, 3.05) is 26.7 Å². The first-order valence-corrected chi connectivity index (χ1v) is 5.77. The summed E-state index contributed by atoms with van der Waals surface area (Å²) >= 11 is 0. The number of fused-ring (bicyclic) bond motifs is 3. The lowest BCUT2D eigenvalue weighted by atomic mass is 9.84. The van der Waals surface area contributed by atoms with E-state index in [1.165, 1.54) is 33.0 Å². The van der Waals surface area contributed by atoms with Gasteiger partial charge in [-0.25, -0.2) is 0 Å². The molecule has 3 heterocycles. The molecule has 3 aliphatic heterocycles. The Kier molecular flexibility index (Phi) is 3.26. The summed E-state index contributed by atoms with van der Waals surface area (Å²) in [6.45, 7) is 5.43. The lowest BCUT2D eigenvalue weighted by Crippen LogP contribution is -2.58. The van der Waals surface area contributed by atoms with Crippen LogP contribution < -0.4 is 5.32 Å². The number of hydrogen-bond donors (Lipinski definition) is 1. The molecule has 1 N–H and O–H groups in total. The zero-order valence-electron chi connectivity index (χ0n) is 9.53. The average molecular weight is 212 g/mol. The molecule has 2 atom stereocenters. The Labute approximate surface area is 91.0 Å². The van der Waals surface area contributed by atoms with Crippen LogP contribution in [-0.2, 0) is 9.53 Å². The predicted octanol–water partition coefficient (Wildman–Crippen LogP) is 0.232. The van der Waals surface area contributed by atoms with E-state index >= 15 is 0 Å². The van der Waals surface area contributed by atoms with Crippen LogP contribution in [0.15, 0.2) is 0 Å². The highest BCUT2D eigenvalue weighted by atomic mass is 16.5. The van der Waals surface area contributed by atoms with Crippen LogP contribution in [0, 0.1) is 5.92 Å². The van der Waals surface area contributed by atoms with Crippen molar-refractivity contribution in [1.82, 2.24) is 10.2 Å². The van der Waals surface area contributed by atoms with Crippen LogP contribution in [0.3, 0.4) is 0 Å². The molecular formula is C11H20N2O2. The quantitative estimate of drug-likeness (QED) is 0.680. The van der Waals surface area contributed by atoms with E-state index in [1.807, 2.05) is 6.92 Å². The number of carbonyl (C=O) groups excluding carboxylic acids is 1. The molecule has 4 heteroatoms. The largest absolute Gasteiger partial charge is 0.468 e. The lowest BCUT2D eigenvalue weighted by molar-refractivity contribution is -0.143. The molecule has 0 aromatic rings. The molecule has 2 bridgehead atoms. The number of ether oxygens (including phenoxy) is 1. The van der Waals surface area contributed by atoms with Crippen LogP contribution in [0.1, 0.15) is 19.8 Å². The van der Waals surface area contributed by atoms with E-state index in [0.717, 1.165) is 12.5 Å². The number of nitrogens with zero attached hydrogens (tertiary/aromatic N) is 1. The van der Waals surface area contributed by atoms with Crippen molar-refractivity contribution >= 4 is 5.97 Å². The summed E-state index contributed by atoms with van der Waals surface area (Å²) in [6, 6.07) is 0.294. The average Bonchev–Trinajstić information content (AvgIpc) is 2.29. The molecule has 3 rings (SSSR count). The van der Waals surface area contributed by atoms with Crippen molar-refractivity contribution in [3.8, 4) is 0 Å². The fourth-order valence-electron chi connectivity index (χ4n) is 2.72. The van der Waals surface area contributed by atoms with Gasteiger partial charge in [0.15, 0.2) is 0 Å².